The van der Waals surface area contributed by atoms with E-state index in [-0.39, 0.29) is 18.2 Å². The lowest BCUT2D eigenvalue weighted by molar-refractivity contribution is 0.0496. The van der Waals surface area contributed by atoms with Gasteiger partial charge in [-0.25, -0.2) is 0 Å². The zero-order valence-corrected chi connectivity index (χ0v) is 6.57. The van der Waals surface area contributed by atoms with Crippen LogP contribution in [-0.4, -0.2) is 25.4 Å². The first kappa shape index (κ1) is 9.72. The van der Waals surface area contributed by atoms with E-state index in [1.54, 1.807) is 0 Å². The number of nitrogens with zero attached hydrogens (tertiary/aromatic N) is 2. The number of methoxy groups -OCH3 is 1. The van der Waals surface area contributed by atoms with Crippen LogP contribution in [-0.2, 0) is 9.47 Å². The van der Waals surface area contributed by atoms with Crippen LogP contribution in [0, 0.1) is 5.39 Å². The van der Waals surface area contributed by atoms with Gasteiger partial charge in [0, 0.05) is 7.11 Å². The maximum Gasteiger partial charge on any atom is 0.437 e. The molecule has 0 unspecified atom stereocenters. The quantitative estimate of drug-likeness (QED) is 0.381. The highest BCUT2D eigenvalue weighted by molar-refractivity contribution is 5.04. The second-order valence-corrected chi connectivity index (χ2v) is 1.83. The standard InChI is InChI=1S/C6H10N2O3/c1-5(8-7)6(9)11-4-3-10-2/h3-4H2,1-2H3/p+1/b6-5+. The fraction of sp³-hybridized carbons (Fsp3) is 0.667. The number of diazo groups is 1. The molecule has 0 aromatic rings. The van der Waals surface area contributed by atoms with Crippen LogP contribution in [0.1, 0.15) is 6.92 Å². The van der Waals surface area contributed by atoms with E-state index in [1.807, 2.05) is 0 Å². The summed E-state index contributed by atoms with van der Waals surface area (Å²) in [4.78, 5) is 2.73. The lowest BCUT2D eigenvalue weighted by Crippen LogP contribution is -2.02. The first-order valence-corrected chi connectivity index (χ1v) is 3.09. The fourth-order valence-electron chi connectivity index (χ4n) is 0.369. The molecule has 1 N–H and O–H groups in total. The van der Waals surface area contributed by atoms with Crippen LogP contribution in [0.15, 0.2) is 11.6 Å². The molecule has 0 fully saturated rings. The summed E-state index contributed by atoms with van der Waals surface area (Å²) in [6.45, 7) is 2.03. The molecule has 5 heteroatoms. The second kappa shape index (κ2) is 5.50. The molecule has 0 bridgehead atoms. The predicted molar refractivity (Wildman–Crippen MR) is 38.2 cm³/mol. The van der Waals surface area contributed by atoms with Gasteiger partial charge >= 0.3 is 11.6 Å². The molecule has 62 valence electrons. The lowest BCUT2D eigenvalue weighted by atomic mass is 10.5. The van der Waals surface area contributed by atoms with E-state index in [0.717, 1.165) is 0 Å². The third-order valence-corrected chi connectivity index (χ3v) is 0.986. The molecule has 0 heterocycles. The van der Waals surface area contributed by atoms with Gasteiger partial charge in [-0.1, -0.05) is 0 Å². The van der Waals surface area contributed by atoms with Crippen LogP contribution in [0.4, 0.5) is 0 Å². The highest BCUT2D eigenvalue weighted by Gasteiger charge is 2.12. The van der Waals surface area contributed by atoms with Gasteiger partial charge in [0.25, 0.3) is 0 Å². The molecule has 0 aliphatic rings. The molecular weight excluding hydrogens is 148 g/mol. The monoisotopic (exact) mass is 159 g/mol. The molecule has 0 aromatic carbocycles. The van der Waals surface area contributed by atoms with Crippen molar-refractivity contribution in [2.24, 2.45) is 0 Å². The third-order valence-electron chi connectivity index (χ3n) is 0.986. The summed E-state index contributed by atoms with van der Waals surface area (Å²) < 4.78 is 9.35. The minimum atomic E-state index is -0.385. The zero-order valence-electron chi connectivity index (χ0n) is 6.57. The van der Waals surface area contributed by atoms with Crippen LogP contribution < -0.4 is 0 Å². The van der Waals surface area contributed by atoms with Crippen LogP contribution in [0.5, 0.6) is 0 Å². The normalized spacial score (nSPS) is 11.7. The van der Waals surface area contributed by atoms with Crippen molar-refractivity contribution < 1.29 is 14.6 Å². The van der Waals surface area contributed by atoms with Gasteiger partial charge in [-0.05, 0) is 0 Å². The van der Waals surface area contributed by atoms with Crippen molar-refractivity contribution >= 4 is 0 Å². The molecular formula is C6H11N2O3+. The molecule has 0 spiro atoms. The Morgan fingerprint density at radius 1 is 1.55 bits per heavy atom. The number of hydrogen-bond donors (Lipinski definition) is 1. The minimum Gasteiger partial charge on any atom is -0.475 e. The molecule has 0 aliphatic carbocycles. The van der Waals surface area contributed by atoms with Gasteiger partial charge in [0.15, 0.2) is 4.98 Å². The Balaban J connectivity index is 3.70. The first-order valence-electron chi connectivity index (χ1n) is 3.09. The minimum absolute atomic E-state index is 0.0427. The summed E-state index contributed by atoms with van der Waals surface area (Å²) in [5.74, 6) is -0.385. The van der Waals surface area contributed by atoms with E-state index < -0.39 is 0 Å². The second-order valence-electron chi connectivity index (χ2n) is 1.83. The number of aliphatic hydroxyl groups excluding tert-OH is 1. The Morgan fingerprint density at radius 2 is 2.18 bits per heavy atom. The number of aliphatic hydroxyl groups is 1. The van der Waals surface area contributed by atoms with Gasteiger partial charge in [0.1, 0.15) is 6.61 Å². The van der Waals surface area contributed by atoms with Gasteiger partial charge in [-0.15, -0.1) is 0 Å². The Labute approximate surface area is 64.9 Å². The van der Waals surface area contributed by atoms with Gasteiger partial charge in [-0.3, -0.25) is 0 Å². The molecule has 0 saturated heterocycles. The maximum atomic E-state index is 8.89. The van der Waals surface area contributed by atoms with Gasteiger partial charge in [0.05, 0.1) is 13.5 Å². The smallest absolute Gasteiger partial charge is 0.437 e. The van der Waals surface area contributed by atoms with E-state index >= 15 is 0 Å². The Morgan fingerprint density at radius 3 is 2.64 bits per heavy atom. The first-order chi connectivity index (χ1) is 5.22. The summed E-state index contributed by atoms with van der Waals surface area (Å²) >= 11 is 0. The molecule has 0 radical (unpaired) electrons. The number of hydrogen-bond acceptors (Lipinski definition) is 4. The average molecular weight is 159 g/mol. The topological polar surface area (TPSA) is 66.8 Å². The molecule has 0 atom stereocenters. The third kappa shape index (κ3) is 4.17. The summed E-state index contributed by atoms with van der Waals surface area (Å²) in [6, 6.07) is 0. The number of allylic oxidation sites excluding steroid dienone is 1. The molecule has 0 amide bonds. The fourth-order valence-corrected chi connectivity index (χ4v) is 0.369. The van der Waals surface area contributed by atoms with E-state index in [0.29, 0.717) is 6.61 Å². The Hall–Kier alpha value is -1.28. The zero-order chi connectivity index (χ0) is 8.69. The van der Waals surface area contributed by atoms with Crippen molar-refractivity contribution in [2.75, 3.05) is 20.3 Å². The van der Waals surface area contributed by atoms with Crippen molar-refractivity contribution in [3.63, 3.8) is 0 Å². The molecule has 0 aliphatic heterocycles. The summed E-state index contributed by atoms with van der Waals surface area (Å²) in [7, 11) is 1.52. The Kier molecular flexibility index (Phi) is 4.86. The van der Waals surface area contributed by atoms with Gasteiger partial charge in [0.2, 0.25) is 5.39 Å². The maximum absolute atomic E-state index is 8.89. The summed E-state index contributed by atoms with van der Waals surface area (Å²) in [5.41, 5.74) is 0.0427. The average Bonchev–Trinajstić information content (AvgIpc) is 2.03. The largest absolute Gasteiger partial charge is 0.475 e. The molecule has 0 aromatic heterocycles. The van der Waals surface area contributed by atoms with Crippen molar-refractivity contribution in [2.45, 2.75) is 6.92 Å². The van der Waals surface area contributed by atoms with Crippen molar-refractivity contribution in [3.05, 3.63) is 16.6 Å². The lowest BCUT2D eigenvalue weighted by Gasteiger charge is -1.99. The van der Waals surface area contributed by atoms with Gasteiger partial charge < -0.3 is 14.6 Å². The predicted octanol–water partition coefficient (Wildman–Crippen LogP) is 1.25. The number of rotatable bonds is 4. The number of ether oxygens (including phenoxy) is 2. The van der Waals surface area contributed by atoms with Crippen molar-refractivity contribution in [3.8, 4) is 0 Å². The highest BCUT2D eigenvalue weighted by atomic mass is 16.6. The van der Waals surface area contributed by atoms with Crippen LogP contribution in [0.2, 0.25) is 0 Å². The SMILES string of the molecule is COCCO/C(O)=C(\C)[N+]#N. The highest BCUT2D eigenvalue weighted by Crippen LogP contribution is 2.02. The van der Waals surface area contributed by atoms with Crippen LogP contribution in [0.25, 0.3) is 4.98 Å². The van der Waals surface area contributed by atoms with Crippen molar-refractivity contribution in [1.82, 2.24) is 0 Å². The van der Waals surface area contributed by atoms with Crippen LogP contribution in [0.3, 0.4) is 0 Å². The molecule has 11 heavy (non-hydrogen) atoms. The van der Waals surface area contributed by atoms with Crippen LogP contribution >= 0.6 is 0 Å². The van der Waals surface area contributed by atoms with E-state index in [9.17, 15) is 0 Å². The van der Waals surface area contributed by atoms with E-state index in [4.69, 9.17) is 15.2 Å². The van der Waals surface area contributed by atoms with Gasteiger partial charge in [-0.2, -0.15) is 0 Å². The molecule has 0 rings (SSSR count). The Bertz CT molecular complexity index is 183. The van der Waals surface area contributed by atoms with E-state index in [2.05, 4.69) is 9.71 Å². The summed E-state index contributed by atoms with van der Waals surface area (Å²) in [6.07, 6.45) is 0. The summed E-state index contributed by atoms with van der Waals surface area (Å²) in [5, 5.41) is 17.1. The van der Waals surface area contributed by atoms with Crippen molar-refractivity contribution in [1.29, 1.82) is 5.39 Å². The molecule has 0 saturated carbocycles. The molecule has 5 nitrogen and oxygen atoms in total. The van der Waals surface area contributed by atoms with E-state index in [1.165, 1.54) is 14.0 Å².